The highest BCUT2D eigenvalue weighted by Gasteiger charge is 2.27. The molecule has 1 saturated heterocycles. The van der Waals surface area contributed by atoms with Gasteiger partial charge in [0.2, 0.25) is 0 Å². The summed E-state index contributed by atoms with van der Waals surface area (Å²) in [6.45, 7) is 6.07. The van der Waals surface area contributed by atoms with Crippen LogP contribution in [0.1, 0.15) is 17.4 Å². The molecule has 0 aliphatic carbocycles. The molecule has 136 valence electrons. The van der Waals surface area contributed by atoms with Gasteiger partial charge in [0, 0.05) is 46.2 Å². The van der Waals surface area contributed by atoms with Gasteiger partial charge in [-0.15, -0.1) is 11.3 Å². The quantitative estimate of drug-likeness (QED) is 0.695. The van der Waals surface area contributed by atoms with Crippen LogP contribution in [0.25, 0.3) is 21.3 Å². The topological polar surface area (TPSA) is 54.4 Å². The summed E-state index contributed by atoms with van der Waals surface area (Å²) in [5.74, 6) is 1.33. The van der Waals surface area contributed by atoms with Gasteiger partial charge in [0.1, 0.15) is 11.9 Å². The van der Waals surface area contributed by atoms with Crippen LogP contribution < -0.4 is 10.1 Å². The lowest BCUT2D eigenvalue weighted by atomic mass is 10.0. The van der Waals surface area contributed by atoms with E-state index in [1.54, 1.807) is 17.5 Å². The number of rotatable bonds is 4. The Morgan fingerprint density at radius 2 is 2.15 bits per heavy atom. The molecule has 0 amide bonds. The molecule has 0 unspecified atom stereocenters. The maximum absolute atomic E-state index is 9.49. The Balaban J connectivity index is 1.87. The molecular formula is C20H21ClN2O2S. The molecule has 0 radical (unpaired) electrons. The number of thiophene rings is 1. The van der Waals surface area contributed by atoms with Gasteiger partial charge in [0.25, 0.3) is 0 Å². The predicted molar refractivity (Wildman–Crippen MR) is 107 cm³/mol. The minimum absolute atomic E-state index is 0.0175. The number of halogens is 1. The standard InChI is InChI=1S/C20H21ClN2O2S/c1-11-5-13(21)6-16(19(11)25-18-9-22-8-12(18)2)15-3-4-23-17-7-14(10-24)26-20(15)17/h3-7,12,18,22,24H,8-10H2,1-2H3/t12-,18+/m0/s1. The largest absolute Gasteiger partial charge is 0.488 e. The zero-order valence-corrected chi connectivity index (χ0v) is 16.3. The average molecular weight is 389 g/mol. The molecular weight excluding hydrogens is 368 g/mol. The highest BCUT2D eigenvalue weighted by atomic mass is 35.5. The number of nitrogens with zero attached hydrogens (tertiary/aromatic N) is 1. The van der Waals surface area contributed by atoms with Gasteiger partial charge in [-0.05, 0) is 36.8 Å². The Bertz CT molecular complexity index is 956. The predicted octanol–water partition coefficient (Wildman–Crippen LogP) is 4.40. The van der Waals surface area contributed by atoms with Gasteiger partial charge in [0.05, 0.1) is 16.8 Å². The molecule has 3 aromatic rings. The van der Waals surface area contributed by atoms with E-state index in [1.807, 2.05) is 31.2 Å². The molecule has 4 rings (SSSR count). The highest BCUT2D eigenvalue weighted by molar-refractivity contribution is 7.19. The Morgan fingerprint density at radius 1 is 1.31 bits per heavy atom. The summed E-state index contributed by atoms with van der Waals surface area (Å²) in [4.78, 5) is 5.34. The van der Waals surface area contributed by atoms with Gasteiger partial charge >= 0.3 is 0 Å². The molecule has 2 N–H and O–H groups in total. The van der Waals surface area contributed by atoms with Crippen LogP contribution in [0.2, 0.25) is 5.02 Å². The number of benzene rings is 1. The van der Waals surface area contributed by atoms with Gasteiger partial charge < -0.3 is 15.2 Å². The zero-order chi connectivity index (χ0) is 18.3. The summed E-state index contributed by atoms with van der Waals surface area (Å²) < 4.78 is 7.50. The van der Waals surface area contributed by atoms with Crippen molar-refractivity contribution in [2.24, 2.45) is 5.92 Å². The summed E-state index contributed by atoms with van der Waals surface area (Å²) in [7, 11) is 0. The Morgan fingerprint density at radius 3 is 2.88 bits per heavy atom. The summed E-state index contributed by atoms with van der Waals surface area (Å²) in [5, 5.41) is 13.6. The third kappa shape index (κ3) is 3.21. The Hall–Kier alpha value is -1.66. The summed E-state index contributed by atoms with van der Waals surface area (Å²) in [5.41, 5.74) is 3.93. The van der Waals surface area contributed by atoms with Gasteiger partial charge in [-0.3, -0.25) is 4.98 Å². The van der Waals surface area contributed by atoms with E-state index < -0.39 is 0 Å². The number of aryl methyl sites for hydroxylation is 1. The third-order valence-corrected chi connectivity index (χ3v) is 6.22. The summed E-state index contributed by atoms with van der Waals surface area (Å²) in [6, 6.07) is 7.84. The van der Waals surface area contributed by atoms with Crippen molar-refractivity contribution in [1.29, 1.82) is 0 Å². The number of hydrogen-bond donors (Lipinski definition) is 2. The Labute approximate surface area is 161 Å². The minimum Gasteiger partial charge on any atom is -0.488 e. The number of aliphatic hydroxyl groups is 1. The first-order valence-corrected chi connectivity index (χ1v) is 9.92. The van der Waals surface area contributed by atoms with Crippen molar-refractivity contribution in [3.63, 3.8) is 0 Å². The molecule has 26 heavy (non-hydrogen) atoms. The number of aliphatic hydroxyl groups excluding tert-OH is 1. The normalized spacial score (nSPS) is 20.0. The maximum Gasteiger partial charge on any atom is 0.130 e. The molecule has 1 fully saturated rings. The van der Waals surface area contributed by atoms with Crippen LogP contribution in [0.4, 0.5) is 0 Å². The molecule has 0 saturated carbocycles. The second-order valence-corrected chi connectivity index (χ2v) is 8.41. The molecule has 2 aromatic heterocycles. The minimum atomic E-state index is 0.0175. The first-order chi connectivity index (χ1) is 12.6. The van der Waals surface area contributed by atoms with Crippen molar-refractivity contribution < 1.29 is 9.84 Å². The number of pyridine rings is 1. The number of ether oxygens (including phenoxy) is 1. The summed E-state index contributed by atoms with van der Waals surface area (Å²) >= 11 is 7.94. The monoisotopic (exact) mass is 388 g/mol. The van der Waals surface area contributed by atoms with E-state index in [2.05, 4.69) is 17.2 Å². The van der Waals surface area contributed by atoms with Gasteiger partial charge in [-0.1, -0.05) is 18.5 Å². The van der Waals surface area contributed by atoms with Gasteiger partial charge in [0.15, 0.2) is 0 Å². The van der Waals surface area contributed by atoms with Crippen molar-refractivity contribution >= 4 is 33.2 Å². The lowest BCUT2D eigenvalue weighted by Crippen LogP contribution is -2.24. The fourth-order valence-electron chi connectivity index (χ4n) is 3.46. The van der Waals surface area contributed by atoms with Crippen LogP contribution in [0, 0.1) is 12.8 Å². The first kappa shape index (κ1) is 17.7. The summed E-state index contributed by atoms with van der Waals surface area (Å²) in [6.07, 6.45) is 1.94. The fourth-order valence-corrected chi connectivity index (χ4v) is 4.73. The van der Waals surface area contributed by atoms with Crippen molar-refractivity contribution in [3.8, 4) is 16.9 Å². The highest BCUT2D eigenvalue weighted by Crippen LogP contribution is 2.42. The Kier molecular flexibility index (Phi) is 4.88. The van der Waals surface area contributed by atoms with Crippen molar-refractivity contribution in [1.82, 2.24) is 10.3 Å². The molecule has 1 aliphatic rings. The van der Waals surface area contributed by atoms with Crippen LogP contribution in [0.15, 0.2) is 30.5 Å². The van der Waals surface area contributed by atoms with E-state index >= 15 is 0 Å². The van der Waals surface area contributed by atoms with Crippen LogP contribution >= 0.6 is 22.9 Å². The smallest absolute Gasteiger partial charge is 0.130 e. The van der Waals surface area contributed by atoms with E-state index in [0.717, 1.165) is 50.6 Å². The molecule has 4 nitrogen and oxygen atoms in total. The molecule has 0 bridgehead atoms. The SMILES string of the molecule is Cc1cc(Cl)cc(-c2ccnc3cc(CO)sc23)c1O[C@@H]1CNC[C@@H]1C. The second kappa shape index (κ2) is 7.16. The molecule has 6 heteroatoms. The number of nitrogens with one attached hydrogen (secondary N) is 1. The van der Waals surface area contributed by atoms with Crippen LogP contribution in [0.3, 0.4) is 0 Å². The van der Waals surface area contributed by atoms with Gasteiger partial charge in [-0.25, -0.2) is 0 Å². The number of aromatic nitrogens is 1. The van der Waals surface area contributed by atoms with E-state index in [-0.39, 0.29) is 12.7 Å². The molecule has 1 aliphatic heterocycles. The molecule has 2 atom stereocenters. The van der Waals surface area contributed by atoms with Crippen LogP contribution in [-0.2, 0) is 6.61 Å². The van der Waals surface area contributed by atoms with Crippen LogP contribution in [-0.4, -0.2) is 29.3 Å². The second-order valence-electron chi connectivity index (χ2n) is 6.83. The first-order valence-electron chi connectivity index (χ1n) is 8.73. The third-order valence-electron chi connectivity index (χ3n) is 4.86. The number of hydrogen-bond acceptors (Lipinski definition) is 5. The lowest BCUT2D eigenvalue weighted by molar-refractivity contribution is 0.182. The molecule has 3 heterocycles. The van der Waals surface area contributed by atoms with Crippen molar-refractivity contribution in [2.75, 3.05) is 13.1 Å². The van der Waals surface area contributed by atoms with Crippen molar-refractivity contribution in [2.45, 2.75) is 26.6 Å². The average Bonchev–Trinajstić information content (AvgIpc) is 3.22. The van der Waals surface area contributed by atoms with E-state index in [1.165, 1.54) is 0 Å². The van der Waals surface area contributed by atoms with Gasteiger partial charge in [-0.2, -0.15) is 0 Å². The lowest BCUT2D eigenvalue weighted by Gasteiger charge is -2.22. The fraction of sp³-hybridized carbons (Fsp3) is 0.350. The maximum atomic E-state index is 9.49. The zero-order valence-electron chi connectivity index (χ0n) is 14.8. The van der Waals surface area contributed by atoms with E-state index in [4.69, 9.17) is 16.3 Å². The van der Waals surface area contributed by atoms with E-state index in [9.17, 15) is 5.11 Å². The number of fused-ring (bicyclic) bond motifs is 1. The van der Waals surface area contributed by atoms with E-state index in [0.29, 0.717) is 10.9 Å². The van der Waals surface area contributed by atoms with Crippen molar-refractivity contribution in [3.05, 3.63) is 45.9 Å². The molecule has 1 aromatic carbocycles. The molecule has 0 spiro atoms. The van der Waals surface area contributed by atoms with Crippen LogP contribution in [0.5, 0.6) is 5.75 Å².